The molecular weight excluding hydrogens is 296 g/mol. The van der Waals surface area contributed by atoms with Crippen LogP contribution in [0.2, 0.25) is 0 Å². The minimum Gasteiger partial charge on any atom is -1.00 e. The lowest BCUT2D eigenvalue weighted by molar-refractivity contribution is -0.670. The average Bonchev–Trinajstić information content (AvgIpc) is 2.84. The van der Waals surface area contributed by atoms with Crippen molar-refractivity contribution in [1.82, 2.24) is 4.57 Å². The van der Waals surface area contributed by atoms with Crippen molar-refractivity contribution >= 4 is 18.1 Å². The first kappa shape index (κ1) is 21.2. The molecule has 0 aliphatic rings. The van der Waals surface area contributed by atoms with E-state index < -0.39 is 11.9 Å². The largest absolute Gasteiger partial charge is 1.00 e. The SMILES string of the molecule is C=Cn1cc[n+](C)c1.CCOC(=O)/C=C\C(=O)OCC.[Cl-]. The number of rotatable bonds is 5. The number of aromatic nitrogens is 2. The fourth-order valence-corrected chi connectivity index (χ4v) is 1.09. The summed E-state index contributed by atoms with van der Waals surface area (Å²) in [6.07, 6.45) is 9.67. The smallest absolute Gasteiger partial charge is 0.330 e. The van der Waals surface area contributed by atoms with E-state index in [9.17, 15) is 9.59 Å². The van der Waals surface area contributed by atoms with Gasteiger partial charge in [-0.15, -0.1) is 0 Å². The molecule has 1 heterocycles. The fourth-order valence-electron chi connectivity index (χ4n) is 1.09. The Bertz CT molecular complexity index is 449. The van der Waals surface area contributed by atoms with Crippen LogP contribution < -0.4 is 17.0 Å². The number of halogens is 1. The summed E-state index contributed by atoms with van der Waals surface area (Å²) in [5.41, 5.74) is 0. The number of aryl methyl sites for hydroxylation is 1. The molecule has 0 radical (unpaired) electrons. The summed E-state index contributed by atoms with van der Waals surface area (Å²) in [5, 5.41) is 0. The van der Waals surface area contributed by atoms with E-state index >= 15 is 0 Å². The van der Waals surface area contributed by atoms with Crippen LogP contribution in [0.4, 0.5) is 0 Å². The normalized spacial score (nSPS) is 9.10. The van der Waals surface area contributed by atoms with Gasteiger partial charge in [0.15, 0.2) is 0 Å². The number of esters is 2. The van der Waals surface area contributed by atoms with Crippen molar-refractivity contribution in [2.45, 2.75) is 13.8 Å². The third-order valence-electron chi connectivity index (χ3n) is 1.93. The Morgan fingerprint density at radius 3 is 1.90 bits per heavy atom. The van der Waals surface area contributed by atoms with Crippen molar-refractivity contribution in [1.29, 1.82) is 0 Å². The van der Waals surface area contributed by atoms with Crippen LogP contribution in [0, 0.1) is 0 Å². The van der Waals surface area contributed by atoms with Gasteiger partial charge in [0.25, 0.3) is 0 Å². The molecule has 0 bridgehead atoms. The van der Waals surface area contributed by atoms with Crippen LogP contribution in [-0.4, -0.2) is 29.7 Å². The quantitative estimate of drug-likeness (QED) is 0.361. The monoisotopic (exact) mass is 316 g/mol. The maximum absolute atomic E-state index is 10.6. The van der Waals surface area contributed by atoms with E-state index in [1.165, 1.54) is 0 Å². The molecule has 0 unspecified atom stereocenters. The van der Waals surface area contributed by atoms with Crippen molar-refractivity contribution < 1.29 is 36.0 Å². The molecule has 118 valence electrons. The van der Waals surface area contributed by atoms with Gasteiger partial charge in [0.05, 0.1) is 26.5 Å². The van der Waals surface area contributed by atoms with Crippen LogP contribution in [0.1, 0.15) is 13.8 Å². The molecule has 1 rings (SSSR count). The molecule has 0 N–H and O–H groups in total. The molecule has 1 aromatic heterocycles. The number of nitrogens with zero attached hydrogens (tertiary/aromatic N) is 2. The van der Waals surface area contributed by atoms with Gasteiger partial charge in [0, 0.05) is 12.2 Å². The second-order valence-corrected chi connectivity index (χ2v) is 3.55. The molecule has 0 saturated carbocycles. The van der Waals surface area contributed by atoms with Crippen LogP contribution in [-0.2, 0) is 26.1 Å². The number of imidazole rings is 1. The minimum atomic E-state index is -0.537. The molecule has 0 amide bonds. The molecule has 0 spiro atoms. The molecule has 21 heavy (non-hydrogen) atoms. The first-order valence-electron chi connectivity index (χ1n) is 6.20. The molecule has 1 aromatic rings. The van der Waals surface area contributed by atoms with Crippen LogP contribution in [0.3, 0.4) is 0 Å². The average molecular weight is 317 g/mol. The Kier molecular flexibility index (Phi) is 13.1. The maximum atomic E-state index is 10.6. The van der Waals surface area contributed by atoms with E-state index in [0.717, 1.165) is 12.2 Å². The molecular formula is C14H21ClN2O4. The predicted molar refractivity (Wildman–Crippen MR) is 74.4 cm³/mol. The number of carbonyl (C=O) groups excluding carboxylic acids is 2. The number of carbonyl (C=O) groups is 2. The highest BCUT2D eigenvalue weighted by Crippen LogP contribution is 1.84. The zero-order valence-electron chi connectivity index (χ0n) is 12.5. The standard InChI is InChI=1S/C8H12O4.C6H9N2.ClH/c1-3-11-7(9)5-6-8(10)12-4-2;1-3-8-5-4-7(2)6-8;/h5-6H,3-4H2,1-2H3;3-6H,1H2,2H3;1H/q;+1;/p-1/b6-5-;;. The van der Waals surface area contributed by atoms with Gasteiger partial charge in [0.1, 0.15) is 12.4 Å². The van der Waals surface area contributed by atoms with E-state index in [1.807, 2.05) is 34.9 Å². The fraction of sp³-hybridized carbons (Fsp3) is 0.357. The summed E-state index contributed by atoms with van der Waals surface area (Å²) < 4.78 is 12.9. The molecule has 6 nitrogen and oxygen atoms in total. The minimum absolute atomic E-state index is 0. The number of hydrogen-bond acceptors (Lipinski definition) is 4. The Labute approximate surface area is 131 Å². The molecule has 0 atom stereocenters. The van der Waals surface area contributed by atoms with E-state index in [0.29, 0.717) is 13.2 Å². The molecule has 7 heteroatoms. The van der Waals surface area contributed by atoms with Crippen molar-refractivity contribution in [3.05, 3.63) is 37.5 Å². The van der Waals surface area contributed by atoms with E-state index in [4.69, 9.17) is 0 Å². The van der Waals surface area contributed by atoms with Crippen molar-refractivity contribution in [3.8, 4) is 0 Å². The Balaban J connectivity index is 0. The molecule has 0 fully saturated rings. The van der Waals surface area contributed by atoms with Gasteiger partial charge < -0.3 is 21.9 Å². The van der Waals surface area contributed by atoms with Crippen molar-refractivity contribution in [2.24, 2.45) is 7.05 Å². The summed E-state index contributed by atoms with van der Waals surface area (Å²) in [6.45, 7) is 7.57. The third-order valence-corrected chi connectivity index (χ3v) is 1.93. The lowest BCUT2D eigenvalue weighted by atomic mass is 10.5. The predicted octanol–water partition coefficient (Wildman–Crippen LogP) is -1.91. The molecule has 0 aliphatic carbocycles. The summed E-state index contributed by atoms with van der Waals surface area (Å²) in [6, 6.07) is 0. The van der Waals surface area contributed by atoms with Gasteiger partial charge in [0.2, 0.25) is 6.33 Å². The lowest BCUT2D eigenvalue weighted by Crippen LogP contribution is -3.00. The van der Waals surface area contributed by atoms with Gasteiger partial charge in [-0.25, -0.2) is 18.7 Å². The Hall–Kier alpha value is -2.08. The highest BCUT2D eigenvalue weighted by molar-refractivity contribution is 5.91. The lowest BCUT2D eigenvalue weighted by Gasteiger charge is -1.95. The second-order valence-electron chi connectivity index (χ2n) is 3.55. The van der Waals surface area contributed by atoms with Crippen molar-refractivity contribution in [3.63, 3.8) is 0 Å². The van der Waals surface area contributed by atoms with Crippen LogP contribution in [0.15, 0.2) is 37.5 Å². The molecule has 0 aromatic carbocycles. The zero-order chi connectivity index (χ0) is 15.4. The first-order chi connectivity index (χ1) is 9.53. The number of hydrogen-bond donors (Lipinski definition) is 0. The van der Waals surface area contributed by atoms with Gasteiger partial charge in [-0.05, 0) is 13.8 Å². The van der Waals surface area contributed by atoms with Gasteiger partial charge in [-0.3, -0.25) is 0 Å². The van der Waals surface area contributed by atoms with Crippen LogP contribution >= 0.6 is 0 Å². The summed E-state index contributed by atoms with van der Waals surface area (Å²) in [7, 11) is 1.97. The Morgan fingerprint density at radius 2 is 1.67 bits per heavy atom. The van der Waals surface area contributed by atoms with Gasteiger partial charge in [-0.1, -0.05) is 6.58 Å². The molecule has 0 saturated heterocycles. The summed E-state index contributed by atoms with van der Waals surface area (Å²) in [4.78, 5) is 21.3. The van der Waals surface area contributed by atoms with Gasteiger partial charge >= 0.3 is 11.9 Å². The van der Waals surface area contributed by atoms with E-state index in [-0.39, 0.29) is 12.4 Å². The topological polar surface area (TPSA) is 61.4 Å². The summed E-state index contributed by atoms with van der Waals surface area (Å²) in [5.74, 6) is -1.07. The van der Waals surface area contributed by atoms with E-state index in [1.54, 1.807) is 20.0 Å². The number of ether oxygens (including phenoxy) is 2. The second kappa shape index (κ2) is 12.9. The van der Waals surface area contributed by atoms with Gasteiger partial charge in [-0.2, -0.15) is 0 Å². The molecule has 0 aliphatic heterocycles. The van der Waals surface area contributed by atoms with Crippen molar-refractivity contribution in [2.75, 3.05) is 13.2 Å². The Morgan fingerprint density at radius 1 is 1.19 bits per heavy atom. The highest BCUT2D eigenvalue weighted by atomic mass is 35.5. The first-order valence-corrected chi connectivity index (χ1v) is 6.20. The third kappa shape index (κ3) is 11.4. The maximum Gasteiger partial charge on any atom is 0.330 e. The zero-order valence-corrected chi connectivity index (χ0v) is 13.2. The highest BCUT2D eigenvalue weighted by Gasteiger charge is 1.97. The van der Waals surface area contributed by atoms with Crippen LogP contribution in [0.25, 0.3) is 6.20 Å². The van der Waals surface area contributed by atoms with E-state index in [2.05, 4.69) is 16.1 Å². The summed E-state index contributed by atoms with van der Waals surface area (Å²) >= 11 is 0. The van der Waals surface area contributed by atoms with Crippen LogP contribution in [0.5, 0.6) is 0 Å².